The number of ketones is 1. The molecule has 0 N–H and O–H groups in total. The molecule has 0 bridgehead atoms. The fraction of sp³-hybridized carbons (Fsp3) is 0.364. The summed E-state index contributed by atoms with van der Waals surface area (Å²) >= 11 is 0. The average molecular weight is 367 g/mol. The second kappa shape index (κ2) is 7.82. The van der Waals surface area contributed by atoms with Crippen molar-refractivity contribution in [1.82, 2.24) is 4.90 Å². The van der Waals surface area contributed by atoms with E-state index in [0.717, 1.165) is 5.75 Å². The van der Waals surface area contributed by atoms with Gasteiger partial charge in [-0.1, -0.05) is 30.3 Å². The standard InChI is InChI=1S/C22H25NO4/c1-22(2,3)27-21(25)23-13-12-17(15-23)20(24)16-8-7-11-19(14-16)26-18-9-5-4-6-10-18/h4-11,14,17H,12-13,15H2,1-3H3/t17-/m0/s1. The number of carbonyl (C=O) groups is 2. The van der Waals surface area contributed by atoms with Crippen molar-refractivity contribution in [3.8, 4) is 11.5 Å². The summed E-state index contributed by atoms with van der Waals surface area (Å²) in [5, 5.41) is 0. The highest BCUT2D eigenvalue weighted by Crippen LogP contribution is 2.26. The molecule has 1 heterocycles. The van der Waals surface area contributed by atoms with Crippen LogP contribution in [-0.2, 0) is 4.74 Å². The number of amides is 1. The molecule has 5 heteroatoms. The Kier molecular flexibility index (Phi) is 5.49. The molecule has 142 valence electrons. The van der Waals surface area contributed by atoms with Crippen molar-refractivity contribution < 1.29 is 19.1 Å². The molecule has 1 atom stereocenters. The van der Waals surface area contributed by atoms with E-state index in [1.807, 2.05) is 63.2 Å². The first-order chi connectivity index (χ1) is 12.8. The molecular weight excluding hydrogens is 342 g/mol. The van der Waals surface area contributed by atoms with Crippen molar-refractivity contribution in [3.63, 3.8) is 0 Å². The number of rotatable bonds is 4. The average Bonchev–Trinajstić information content (AvgIpc) is 3.11. The quantitative estimate of drug-likeness (QED) is 0.720. The highest BCUT2D eigenvalue weighted by Gasteiger charge is 2.33. The third kappa shape index (κ3) is 5.09. The van der Waals surface area contributed by atoms with Gasteiger partial charge in [0, 0.05) is 24.6 Å². The van der Waals surface area contributed by atoms with E-state index in [1.165, 1.54) is 0 Å². The SMILES string of the molecule is CC(C)(C)OC(=O)N1CC[C@H](C(=O)c2cccc(Oc3ccccc3)c2)C1. The lowest BCUT2D eigenvalue weighted by Gasteiger charge is -2.24. The fourth-order valence-corrected chi connectivity index (χ4v) is 3.04. The van der Waals surface area contributed by atoms with Gasteiger partial charge in [-0.3, -0.25) is 4.79 Å². The number of benzene rings is 2. The van der Waals surface area contributed by atoms with E-state index in [-0.39, 0.29) is 17.8 Å². The maximum Gasteiger partial charge on any atom is 0.410 e. The Morgan fingerprint density at radius 2 is 1.70 bits per heavy atom. The molecule has 0 saturated carbocycles. The van der Waals surface area contributed by atoms with E-state index in [1.54, 1.807) is 17.0 Å². The summed E-state index contributed by atoms with van der Waals surface area (Å²) < 4.78 is 11.2. The summed E-state index contributed by atoms with van der Waals surface area (Å²) in [6.07, 6.45) is 0.279. The summed E-state index contributed by atoms with van der Waals surface area (Å²) in [4.78, 5) is 26.7. The molecule has 0 unspecified atom stereocenters. The Morgan fingerprint density at radius 1 is 1.00 bits per heavy atom. The van der Waals surface area contributed by atoms with Crippen LogP contribution in [-0.4, -0.2) is 35.5 Å². The number of para-hydroxylation sites is 1. The van der Waals surface area contributed by atoms with Gasteiger partial charge in [-0.15, -0.1) is 0 Å². The van der Waals surface area contributed by atoms with Crippen LogP contribution in [0.1, 0.15) is 37.6 Å². The summed E-state index contributed by atoms with van der Waals surface area (Å²) in [5.74, 6) is 1.15. The first kappa shape index (κ1) is 19.0. The van der Waals surface area contributed by atoms with E-state index in [9.17, 15) is 9.59 Å². The summed E-state index contributed by atoms with van der Waals surface area (Å²) in [5.41, 5.74) is 0.0573. The predicted molar refractivity (Wildman–Crippen MR) is 103 cm³/mol. The second-order valence-electron chi connectivity index (χ2n) is 7.72. The van der Waals surface area contributed by atoms with Gasteiger partial charge >= 0.3 is 6.09 Å². The lowest BCUT2D eigenvalue weighted by molar-refractivity contribution is 0.0289. The first-order valence-corrected chi connectivity index (χ1v) is 9.17. The zero-order chi connectivity index (χ0) is 19.4. The van der Waals surface area contributed by atoms with Gasteiger partial charge in [0.05, 0.1) is 0 Å². The van der Waals surface area contributed by atoms with Crippen LogP contribution in [0.25, 0.3) is 0 Å². The van der Waals surface area contributed by atoms with E-state index in [2.05, 4.69) is 0 Å². The number of ether oxygens (including phenoxy) is 2. The van der Waals surface area contributed by atoms with Crippen LogP contribution in [0, 0.1) is 5.92 Å². The molecule has 2 aromatic rings. The number of hydrogen-bond acceptors (Lipinski definition) is 4. The van der Waals surface area contributed by atoms with Crippen LogP contribution >= 0.6 is 0 Å². The van der Waals surface area contributed by atoms with Crippen molar-refractivity contribution in [3.05, 3.63) is 60.2 Å². The lowest BCUT2D eigenvalue weighted by atomic mass is 9.97. The van der Waals surface area contributed by atoms with Gasteiger partial charge in [0.2, 0.25) is 0 Å². The zero-order valence-electron chi connectivity index (χ0n) is 16.0. The third-order valence-corrected chi connectivity index (χ3v) is 4.31. The number of carbonyl (C=O) groups excluding carboxylic acids is 2. The maximum absolute atomic E-state index is 12.9. The molecule has 0 aromatic heterocycles. The number of likely N-dealkylation sites (tertiary alicyclic amines) is 1. The summed E-state index contributed by atoms with van der Waals surface area (Å²) in [6, 6.07) is 16.6. The molecule has 2 aromatic carbocycles. The molecular formula is C22H25NO4. The van der Waals surface area contributed by atoms with Gasteiger partial charge < -0.3 is 14.4 Å². The molecule has 0 aliphatic carbocycles. The van der Waals surface area contributed by atoms with E-state index >= 15 is 0 Å². The van der Waals surface area contributed by atoms with Gasteiger partial charge in [-0.2, -0.15) is 0 Å². The number of nitrogens with zero attached hydrogens (tertiary/aromatic N) is 1. The predicted octanol–water partition coefficient (Wildman–Crippen LogP) is 4.92. The van der Waals surface area contributed by atoms with Crippen LogP contribution in [0.4, 0.5) is 4.79 Å². The smallest absolute Gasteiger partial charge is 0.410 e. The molecule has 1 fully saturated rings. The molecule has 3 rings (SSSR count). The minimum absolute atomic E-state index is 0.0274. The van der Waals surface area contributed by atoms with Crippen LogP contribution in [0.5, 0.6) is 11.5 Å². The fourth-order valence-electron chi connectivity index (χ4n) is 3.04. The van der Waals surface area contributed by atoms with Crippen LogP contribution in [0.3, 0.4) is 0 Å². The van der Waals surface area contributed by atoms with Gasteiger partial charge in [0.15, 0.2) is 5.78 Å². The van der Waals surface area contributed by atoms with Crippen molar-refractivity contribution in [2.45, 2.75) is 32.8 Å². The Labute approximate surface area is 159 Å². The highest BCUT2D eigenvalue weighted by molar-refractivity contribution is 5.98. The lowest BCUT2D eigenvalue weighted by Crippen LogP contribution is -2.35. The van der Waals surface area contributed by atoms with Gasteiger partial charge in [-0.05, 0) is 51.5 Å². The second-order valence-corrected chi connectivity index (χ2v) is 7.72. The maximum atomic E-state index is 12.9. The molecule has 5 nitrogen and oxygen atoms in total. The molecule has 0 spiro atoms. The van der Waals surface area contributed by atoms with E-state index < -0.39 is 5.60 Å². The Morgan fingerprint density at radius 3 is 2.41 bits per heavy atom. The minimum Gasteiger partial charge on any atom is -0.457 e. The molecule has 27 heavy (non-hydrogen) atoms. The van der Waals surface area contributed by atoms with Crippen molar-refractivity contribution in [2.75, 3.05) is 13.1 Å². The van der Waals surface area contributed by atoms with E-state index in [0.29, 0.717) is 30.8 Å². The van der Waals surface area contributed by atoms with Crippen LogP contribution in [0.15, 0.2) is 54.6 Å². The van der Waals surface area contributed by atoms with Crippen molar-refractivity contribution >= 4 is 11.9 Å². The summed E-state index contributed by atoms with van der Waals surface area (Å²) in [7, 11) is 0. The third-order valence-electron chi connectivity index (χ3n) is 4.31. The molecule has 0 radical (unpaired) electrons. The number of Topliss-reactive ketones (excluding diaryl/α,β-unsaturated/α-hetero) is 1. The number of hydrogen-bond donors (Lipinski definition) is 0. The summed E-state index contributed by atoms with van der Waals surface area (Å²) in [6.45, 7) is 6.43. The molecule has 1 saturated heterocycles. The molecule has 1 aliphatic rings. The monoisotopic (exact) mass is 367 g/mol. The van der Waals surface area contributed by atoms with Gasteiger partial charge in [-0.25, -0.2) is 4.79 Å². The minimum atomic E-state index is -0.539. The van der Waals surface area contributed by atoms with Gasteiger partial charge in [0.1, 0.15) is 17.1 Å². The van der Waals surface area contributed by atoms with Crippen molar-refractivity contribution in [1.29, 1.82) is 0 Å². The normalized spacial score (nSPS) is 16.9. The van der Waals surface area contributed by atoms with Crippen LogP contribution in [0.2, 0.25) is 0 Å². The highest BCUT2D eigenvalue weighted by atomic mass is 16.6. The topological polar surface area (TPSA) is 55.8 Å². The van der Waals surface area contributed by atoms with Gasteiger partial charge in [0.25, 0.3) is 0 Å². The largest absolute Gasteiger partial charge is 0.457 e. The Hall–Kier alpha value is -2.82. The Balaban J connectivity index is 1.64. The first-order valence-electron chi connectivity index (χ1n) is 9.17. The Bertz CT molecular complexity index is 811. The van der Waals surface area contributed by atoms with Crippen molar-refractivity contribution in [2.24, 2.45) is 5.92 Å². The molecule has 1 amide bonds. The van der Waals surface area contributed by atoms with Crippen LogP contribution < -0.4 is 4.74 Å². The zero-order valence-corrected chi connectivity index (χ0v) is 16.0. The van der Waals surface area contributed by atoms with E-state index in [4.69, 9.17) is 9.47 Å². The molecule has 1 aliphatic heterocycles.